The summed E-state index contributed by atoms with van der Waals surface area (Å²) in [6.45, 7) is 4.33. The smallest absolute Gasteiger partial charge is 0.226 e. The molecule has 3 heterocycles. The van der Waals surface area contributed by atoms with Gasteiger partial charge in [-0.2, -0.15) is 5.10 Å². The number of likely N-dealkylation sites (N-methyl/N-ethyl adjacent to an activating group) is 1. The third-order valence-corrected chi connectivity index (χ3v) is 5.15. The van der Waals surface area contributed by atoms with Gasteiger partial charge in [-0.1, -0.05) is 12.1 Å². The Morgan fingerprint density at radius 1 is 1.08 bits per heavy atom. The highest BCUT2D eigenvalue weighted by Gasteiger charge is 2.29. The Morgan fingerprint density at radius 2 is 1.79 bits per heavy atom. The molecule has 1 N–H and O–H groups in total. The standard InChI is InChI=1S/C18H23N5O/c1-21-7-9-23(10-8-21)14-5-3-13(4-6-14)15-11-17(24)20-18-16(15)12-19-22(18)2/h3-6,12,15H,7-11H2,1-2H3,(H,20,24). The van der Waals surface area contributed by atoms with Crippen LogP contribution in [0.15, 0.2) is 30.5 Å². The zero-order chi connectivity index (χ0) is 16.7. The summed E-state index contributed by atoms with van der Waals surface area (Å²) < 4.78 is 1.73. The van der Waals surface area contributed by atoms with Crippen molar-refractivity contribution in [1.82, 2.24) is 14.7 Å². The van der Waals surface area contributed by atoms with Gasteiger partial charge in [0.1, 0.15) is 5.82 Å². The minimum Gasteiger partial charge on any atom is -0.369 e. The summed E-state index contributed by atoms with van der Waals surface area (Å²) in [5.74, 6) is 0.961. The van der Waals surface area contributed by atoms with Gasteiger partial charge in [0.15, 0.2) is 0 Å². The third kappa shape index (κ3) is 2.67. The number of carbonyl (C=O) groups excluding carboxylic acids is 1. The van der Waals surface area contributed by atoms with Gasteiger partial charge in [-0.25, -0.2) is 0 Å². The Labute approximate surface area is 142 Å². The fourth-order valence-electron chi connectivity index (χ4n) is 3.62. The summed E-state index contributed by atoms with van der Waals surface area (Å²) in [7, 11) is 4.03. The number of hydrogen-bond donors (Lipinski definition) is 1. The van der Waals surface area contributed by atoms with Crippen molar-refractivity contribution in [1.29, 1.82) is 0 Å². The summed E-state index contributed by atoms with van der Waals surface area (Å²) in [6, 6.07) is 8.69. The lowest BCUT2D eigenvalue weighted by Crippen LogP contribution is -2.44. The molecule has 0 aliphatic carbocycles. The van der Waals surface area contributed by atoms with Gasteiger partial charge in [-0.05, 0) is 24.7 Å². The Morgan fingerprint density at radius 3 is 2.50 bits per heavy atom. The van der Waals surface area contributed by atoms with Crippen molar-refractivity contribution in [3.8, 4) is 0 Å². The molecule has 6 heteroatoms. The van der Waals surface area contributed by atoms with Crippen LogP contribution in [0.5, 0.6) is 0 Å². The predicted octanol–water partition coefficient (Wildman–Crippen LogP) is 1.65. The van der Waals surface area contributed by atoms with E-state index in [1.165, 1.54) is 11.3 Å². The first-order valence-electron chi connectivity index (χ1n) is 8.47. The number of benzene rings is 1. The van der Waals surface area contributed by atoms with E-state index in [1.807, 2.05) is 13.2 Å². The molecule has 2 aromatic rings. The topological polar surface area (TPSA) is 53.4 Å². The van der Waals surface area contributed by atoms with Crippen molar-refractivity contribution in [2.24, 2.45) is 7.05 Å². The highest BCUT2D eigenvalue weighted by atomic mass is 16.1. The van der Waals surface area contributed by atoms with Crippen LogP contribution in [0.3, 0.4) is 0 Å². The molecule has 0 saturated carbocycles. The van der Waals surface area contributed by atoms with Crippen LogP contribution < -0.4 is 10.2 Å². The van der Waals surface area contributed by atoms with Crippen molar-refractivity contribution in [2.75, 3.05) is 43.4 Å². The number of amides is 1. The first-order chi connectivity index (χ1) is 11.6. The monoisotopic (exact) mass is 325 g/mol. The Balaban J connectivity index is 1.58. The zero-order valence-corrected chi connectivity index (χ0v) is 14.2. The average molecular weight is 325 g/mol. The van der Waals surface area contributed by atoms with Crippen LogP contribution in [-0.2, 0) is 11.8 Å². The van der Waals surface area contributed by atoms with E-state index in [1.54, 1.807) is 4.68 Å². The summed E-state index contributed by atoms with van der Waals surface area (Å²) in [5, 5.41) is 7.22. The maximum absolute atomic E-state index is 12.0. The molecule has 126 valence electrons. The molecule has 4 rings (SSSR count). The minimum atomic E-state index is 0.0549. The number of aryl methyl sites for hydroxylation is 1. The van der Waals surface area contributed by atoms with Crippen molar-refractivity contribution in [3.63, 3.8) is 0 Å². The van der Waals surface area contributed by atoms with Crippen LogP contribution in [0.1, 0.15) is 23.5 Å². The lowest BCUT2D eigenvalue weighted by atomic mass is 9.87. The number of rotatable bonds is 2. The second kappa shape index (κ2) is 5.94. The lowest BCUT2D eigenvalue weighted by Gasteiger charge is -2.34. The Hall–Kier alpha value is -2.34. The number of nitrogens with zero attached hydrogens (tertiary/aromatic N) is 4. The fraction of sp³-hybridized carbons (Fsp3) is 0.444. The van der Waals surface area contributed by atoms with Gasteiger partial charge in [-0.15, -0.1) is 0 Å². The first kappa shape index (κ1) is 15.2. The normalized spacial score (nSPS) is 21.5. The Kier molecular flexibility index (Phi) is 3.76. The minimum absolute atomic E-state index is 0.0549. The van der Waals surface area contributed by atoms with E-state index in [2.05, 4.69) is 51.5 Å². The molecular weight excluding hydrogens is 302 g/mol. The molecule has 2 aliphatic heterocycles. The number of carbonyl (C=O) groups is 1. The van der Waals surface area contributed by atoms with Gasteiger partial charge in [0, 0.05) is 56.8 Å². The number of anilines is 2. The van der Waals surface area contributed by atoms with Crippen molar-refractivity contribution in [2.45, 2.75) is 12.3 Å². The molecule has 0 spiro atoms. The molecule has 1 aromatic heterocycles. The van der Waals surface area contributed by atoms with Crippen LogP contribution in [-0.4, -0.2) is 53.8 Å². The Bertz CT molecular complexity index is 743. The van der Waals surface area contributed by atoms with Crippen molar-refractivity contribution >= 4 is 17.4 Å². The molecule has 1 unspecified atom stereocenters. The van der Waals surface area contributed by atoms with Gasteiger partial charge in [0.2, 0.25) is 5.91 Å². The molecule has 1 aromatic carbocycles. The maximum Gasteiger partial charge on any atom is 0.226 e. The third-order valence-electron chi connectivity index (χ3n) is 5.15. The summed E-state index contributed by atoms with van der Waals surface area (Å²) in [6.07, 6.45) is 2.35. The van der Waals surface area contributed by atoms with Crippen LogP contribution in [0.25, 0.3) is 0 Å². The van der Waals surface area contributed by atoms with Crippen molar-refractivity contribution < 1.29 is 4.79 Å². The highest BCUT2D eigenvalue weighted by Crippen LogP contribution is 2.37. The number of aromatic nitrogens is 2. The van der Waals surface area contributed by atoms with Gasteiger partial charge in [-0.3, -0.25) is 9.48 Å². The van der Waals surface area contributed by atoms with E-state index in [0.717, 1.165) is 37.6 Å². The number of hydrogen-bond acceptors (Lipinski definition) is 4. The predicted molar refractivity (Wildman–Crippen MR) is 94.4 cm³/mol. The second-order valence-corrected chi connectivity index (χ2v) is 6.76. The molecule has 1 atom stereocenters. The number of piperazine rings is 1. The zero-order valence-electron chi connectivity index (χ0n) is 14.2. The maximum atomic E-state index is 12.0. The lowest BCUT2D eigenvalue weighted by molar-refractivity contribution is -0.116. The fourth-order valence-corrected chi connectivity index (χ4v) is 3.62. The highest BCUT2D eigenvalue weighted by molar-refractivity contribution is 5.94. The molecule has 1 fully saturated rings. The summed E-state index contributed by atoms with van der Waals surface area (Å²) >= 11 is 0. The van der Waals surface area contributed by atoms with Gasteiger partial charge < -0.3 is 15.1 Å². The molecule has 1 amide bonds. The molecule has 1 saturated heterocycles. The number of nitrogens with one attached hydrogen (secondary N) is 1. The molecular formula is C18H23N5O. The SMILES string of the molecule is CN1CCN(c2ccc(C3CC(=O)Nc4c3cnn4C)cc2)CC1. The summed E-state index contributed by atoms with van der Waals surface area (Å²) in [4.78, 5) is 16.8. The van der Waals surface area contributed by atoms with E-state index in [4.69, 9.17) is 0 Å². The first-order valence-corrected chi connectivity index (χ1v) is 8.47. The molecule has 0 radical (unpaired) electrons. The van der Waals surface area contributed by atoms with Gasteiger partial charge in [0.05, 0.1) is 6.20 Å². The van der Waals surface area contributed by atoms with Crippen LogP contribution >= 0.6 is 0 Å². The molecule has 6 nitrogen and oxygen atoms in total. The second-order valence-electron chi connectivity index (χ2n) is 6.76. The number of fused-ring (bicyclic) bond motifs is 1. The quantitative estimate of drug-likeness (QED) is 0.912. The van der Waals surface area contributed by atoms with E-state index in [9.17, 15) is 4.79 Å². The van der Waals surface area contributed by atoms with Crippen LogP contribution in [0.4, 0.5) is 11.5 Å². The van der Waals surface area contributed by atoms with E-state index in [-0.39, 0.29) is 11.8 Å². The van der Waals surface area contributed by atoms with Crippen LogP contribution in [0, 0.1) is 0 Å². The molecule has 0 bridgehead atoms. The van der Waals surface area contributed by atoms with Gasteiger partial charge in [0.25, 0.3) is 0 Å². The van der Waals surface area contributed by atoms with E-state index in [0.29, 0.717) is 6.42 Å². The average Bonchev–Trinajstić information content (AvgIpc) is 2.96. The van der Waals surface area contributed by atoms with Crippen LogP contribution in [0.2, 0.25) is 0 Å². The molecule has 2 aliphatic rings. The van der Waals surface area contributed by atoms with E-state index >= 15 is 0 Å². The van der Waals surface area contributed by atoms with E-state index < -0.39 is 0 Å². The van der Waals surface area contributed by atoms with Gasteiger partial charge >= 0.3 is 0 Å². The largest absolute Gasteiger partial charge is 0.369 e. The summed E-state index contributed by atoms with van der Waals surface area (Å²) in [5.41, 5.74) is 3.54. The van der Waals surface area contributed by atoms with Crippen molar-refractivity contribution in [3.05, 3.63) is 41.6 Å². The molecule has 24 heavy (non-hydrogen) atoms.